The highest BCUT2D eigenvalue weighted by Crippen LogP contribution is 2.21. The molecule has 0 amide bonds. The number of hydrogen-bond acceptors (Lipinski definition) is 4. The van der Waals surface area contributed by atoms with E-state index in [9.17, 15) is 9.65 Å². The van der Waals surface area contributed by atoms with E-state index in [-0.39, 0.29) is 12.4 Å². The van der Waals surface area contributed by atoms with Gasteiger partial charge < -0.3 is 9.74 Å². The quantitative estimate of drug-likeness (QED) is 0.499. The summed E-state index contributed by atoms with van der Waals surface area (Å²) in [7, 11) is 3.77. The van der Waals surface area contributed by atoms with Gasteiger partial charge in [-0.05, 0) is 29.8 Å². The highest BCUT2D eigenvalue weighted by molar-refractivity contribution is 5.78. The maximum absolute atomic E-state index is 13.2. The van der Waals surface area contributed by atoms with Crippen molar-refractivity contribution in [3.63, 3.8) is 0 Å². The van der Waals surface area contributed by atoms with Gasteiger partial charge in [0.25, 0.3) is 0 Å². The Kier molecular flexibility index (Phi) is 5.47. The summed E-state index contributed by atoms with van der Waals surface area (Å²) in [6.45, 7) is 0.167. The van der Waals surface area contributed by atoms with E-state index < -0.39 is 0 Å². The minimum atomic E-state index is -0.311. The number of pyridine rings is 1. The van der Waals surface area contributed by atoms with Crippen molar-refractivity contribution in [2.75, 3.05) is 19.0 Å². The van der Waals surface area contributed by atoms with Crippen LogP contribution in [0.2, 0.25) is 0 Å². The summed E-state index contributed by atoms with van der Waals surface area (Å²) < 4.78 is 15.0. The van der Waals surface area contributed by atoms with Crippen LogP contribution < -0.4 is 9.88 Å². The molecule has 3 aromatic rings. The lowest BCUT2D eigenvalue weighted by Gasteiger charge is -2.13. The monoisotopic (exact) mass is 364 g/mol. The molecule has 0 spiro atoms. The van der Waals surface area contributed by atoms with E-state index in [1.54, 1.807) is 24.5 Å². The molecule has 1 aromatic carbocycles. The van der Waals surface area contributed by atoms with E-state index in [1.165, 1.54) is 12.1 Å². The minimum Gasteiger partial charge on any atom is -0.391 e. The van der Waals surface area contributed by atoms with Crippen LogP contribution in [0.15, 0.2) is 60.0 Å². The molecule has 136 valence electrons. The van der Waals surface area contributed by atoms with Crippen molar-refractivity contribution < 1.29 is 14.2 Å². The second-order valence-corrected chi connectivity index (χ2v) is 6.03. The van der Waals surface area contributed by atoms with E-state index in [2.05, 4.69) is 16.2 Å². The van der Waals surface area contributed by atoms with Gasteiger partial charge in [0.05, 0.1) is 18.1 Å². The molecule has 0 aliphatic heterocycles. The number of halogens is 1. The Labute approximate surface area is 156 Å². The smallest absolute Gasteiger partial charge is 0.304 e. The van der Waals surface area contributed by atoms with Crippen LogP contribution in [0.5, 0.6) is 0 Å². The molecule has 1 N–H and O–H groups in total. The molecule has 0 bridgehead atoms. The lowest BCUT2D eigenvalue weighted by atomic mass is 10.2. The van der Waals surface area contributed by atoms with Gasteiger partial charge >= 0.3 is 5.82 Å². The van der Waals surface area contributed by atoms with Gasteiger partial charge in [-0.3, -0.25) is 0 Å². The topological polar surface area (TPSA) is 67.7 Å². The van der Waals surface area contributed by atoms with Crippen molar-refractivity contribution in [1.29, 1.82) is 5.26 Å². The summed E-state index contributed by atoms with van der Waals surface area (Å²) in [5, 5.41) is 13.6. The number of rotatable bonds is 6. The van der Waals surface area contributed by atoms with Gasteiger partial charge in [-0.1, -0.05) is 17.3 Å². The normalized spacial score (nSPS) is 10.7. The third-order valence-corrected chi connectivity index (χ3v) is 3.95. The maximum atomic E-state index is 13.2. The fourth-order valence-corrected chi connectivity index (χ4v) is 2.68. The van der Waals surface area contributed by atoms with Crippen LogP contribution >= 0.6 is 0 Å². The Morgan fingerprint density at radius 1 is 1.30 bits per heavy atom. The molecule has 0 unspecified atom stereocenters. The Bertz CT molecular complexity index is 1000. The first kappa shape index (κ1) is 18.1. The number of oxime groups is 1. The second-order valence-electron chi connectivity index (χ2n) is 6.03. The molecule has 2 aromatic heterocycles. The third-order valence-electron chi connectivity index (χ3n) is 3.95. The van der Waals surface area contributed by atoms with Crippen molar-refractivity contribution in [1.82, 2.24) is 4.57 Å². The lowest BCUT2D eigenvalue weighted by molar-refractivity contribution is -0.373. The van der Waals surface area contributed by atoms with E-state index in [1.807, 2.05) is 48.0 Å². The number of benzene rings is 1. The molecule has 0 fully saturated rings. The van der Waals surface area contributed by atoms with Gasteiger partial charge in [-0.25, -0.2) is 9.37 Å². The fraction of sp³-hybridized carbons (Fsp3) is 0.150. The molecule has 0 aliphatic rings. The number of nitrogens with one attached hydrogen (secondary N) is 1. The standard InChI is InChI=1S/C20H18FN5O/c1-25(2)19-8-9-23-20(18(19)12-22)26-10-4-7-17(26)13-24-27-14-15-5-3-6-16(21)11-15/h3-11,13H,14H2,1-2H3/p+1/b24-13+. The van der Waals surface area contributed by atoms with E-state index in [0.717, 1.165) is 11.4 Å². The van der Waals surface area contributed by atoms with Crippen LogP contribution in [0.1, 0.15) is 16.8 Å². The molecule has 0 saturated carbocycles. The van der Waals surface area contributed by atoms with Gasteiger partial charge in [-0.15, -0.1) is 0 Å². The zero-order valence-corrected chi connectivity index (χ0v) is 15.1. The molecule has 0 aliphatic carbocycles. The number of nitrogens with zero attached hydrogens (tertiary/aromatic N) is 4. The van der Waals surface area contributed by atoms with Gasteiger partial charge in [-0.2, -0.15) is 9.83 Å². The van der Waals surface area contributed by atoms with E-state index >= 15 is 0 Å². The summed E-state index contributed by atoms with van der Waals surface area (Å²) in [6.07, 6.45) is 5.17. The molecule has 7 heteroatoms. The predicted molar refractivity (Wildman–Crippen MR) is 100 cm³/mol. The largest absolute Gasteiger partial charge is 0.391 e. The number of anilines is 1. The predicted octanol–water partition coefficient (Wildman–Crippen LogP) is 2.92. The average molecular weight is 364 g/mol. The zero-order valence-electron chi connectivity index (χ0n) is 15.1. The van der Waals surface area contributed by atoms with Gasteiger partial charge in [0.1, 0.15) is 24.7 Å². The molecule has 27 heavy (non-hydrogen) atoms. The molecule has 6 nitrogen and oxygen atoms in total. The van der Waals surface area contributed by atoms with Gasteiger partial charge in [0.15, 0.2) is 11.3 Å². The van der Waals surface area contributed by atoms with E-state index in [0.29, 0.717) is 16.9 Å². The number of H-pyrrole nitrogens is 1. The number of nitriles is 1. The Morgan fingerprint density at radius 3 is 2.89 bits per heavy atom. The molecular formula is C20H19FN5O+. The first-order valence-electron chi connectivity index (χ1n) is 8.30. The summed E-state index contributed by atoms with van der Waals surface area (Å²) in [5.74, 6) is 0.328. The van der Waals surface area contributed by atoms with Gasteiger partial charge in [0.2, 0.25) is 0 Å². The fourth-order valence-electron chi connectivity index (χ4n) is 2.68. The highest BCUT2D eigenvalue weighted by atomic mass is 19.1. The van der Waals surface area contributed by atoms with Crippen LogP contribution in [-0.2, 0) is 11.4 Å². The van der Waals surface area contributed by atoms with Crippen LogP contribution in [0.25, 0.3) is 5.82 Å². The Morgan fingerprint density at radius 2 is 2.15 bits per heavy atom. The molecule has 0 radical (unpaired) electrons. The van der Waals surface area contributed by atoms with Crippen LogP contribution in [-0.4, -0.2) is 24.9 Å². The number of hydrogen-bond donors (Lipinski definition) is 0. The van der Waals surface area contributed by atoms with Crippen molar-refractivity contribution >= 4 is 11.9 Å². The van der Waals surface area contributed by atoms with Crippen molar-refractivity contribution in [2.24, 2.45) is 5.16 Å². The Hall–Kier alpha value is -3.66. The maximum Gasteiger partial charge on any atom is 0.304 e. The molecule has 3 rings (SSSR count). The second kappa shape index (κ2) is 8.15. The van der Waals surface area contributed by atoms with Crippen molar-refractivity contribution in [2.45, 2.75) is 6.61 Å². The van der Waals surface area contributed by atoms with Crippen LogP contribution in [0.3, 0.4) is 0 Å². The first-order chi connectivity index (χ1) is 13.1. The SMILES string of the molecule is CN(C)c1cc[nH+]c(-n2cccc2/C=N/OCc2cccc(F)c2)c1C#N. The highest BCUT2D eigenvalue weighted by Gasteiger charge is 2.20. The van der Waals surface area contributed by atoms with Crippen LogP contribution in [0.4, 0.5) is 10.1 Å². The number of aromatic nitrogens is 2. The summed E-state index contributed by atoms with van der Waals surface area (Å²) in [4.78, 5) is 10.3. The van der Waals surface area contributed by atoms with Crippen molar-refractivity contribution in [3.8, 4) is 11.9 Å². The van der Waals surface area contributed by atoms with Crippen molar-refractivity contribution in [3.05, 3.63) is 77.5 Å². The van der Waals surface area contributed by atoms with E-state index in [4.69, 9.17) is 4.84 Å². The molecular weight excluding hydrogens is 345 g/mol. The first-order valence-corrected chi connectivity index (χ1v) is 8.30. The molecule has 0 atom stereocenters. The van der Waals surface area contributed by atoms with Gasteiger partial charge in [0, 0.05) is 20.2 Å². The number of aromatic amines is 1. The Balaban J connectivity index is 1.81. The summed E-state index contributed by atoms with van der Waals surface area (Å²) in [6, 6.07) is 14.0. The summed E-state index contributed by atoms with van der Waals surface area (Å²) >= 11 is 0. The molecule has 2 heterocycles. The lowest BCUT2D eigenvalue weighted by Crippen LogP contribution is -2.20. The minimum absolute atomic E-state index is 0.167. The summed E-state index contributed by atoms with van der Waals surface area (Å²) in [5.41, 5.74) is 2.76. The zero-order chi connectivity index (χ0) is 19.2. The third kappa shape index (κ3) is 4.12. The average Bonchev–Trinajstić information content (AvgIpc) is 3.13. The van der Waals surface area contributed by atoms with Crippen LogP contribution in [0, 0.1) is 17.1 Å². The molecule has 0 saturated heterocycles.